The zero-order valence-electron chi connectivity index (χ0n) is 11.9. The van der Waals surface area contributed by atoms with Crippen LogP contribution in [0.5, 0.6) is 0 Å². The second kappa shape index (κ2) is 7.90. The van der Waals surface area contributed by atoms with Crippen molar-refractivity contribution in [1.82, 2.24) is 15.0 Å². The van der Waals surface area contributed by atoms with E-state index in [9.17, 15) is 12.8 Å². The first-order chi connectivity index (χ1) is 11.3. The maximum absolute atomic E-state index is 13.1. The molecule has 0 radical (unpaired) electrons. The predicted octanol–water partition coefficient (Wildman–Crippen LogP) is 1.18. The molecule has 13 heteroatoms. The first-order valence-electron chi connectivity index (χ1n) is 6.30. The predicted molar refractivity (Wildman–Crippen MR) is 88.0 cm³/mol. The molecule has 0 saturated carbocycles. The molecule has 2 rings (SSSR count). The van der Waals surface area contributed by atoms with Gasteiger partial charge in [-0.05, 0) is 28.5 Å². The third-order valence-electron chi connectivity index (χ3n) is 2.53. The molecular weight excluding hydrogens is 383 g/mol. The van der Waals surface area contributed by atoms with Crippen LogP contribution < -0.4 is 15.2 Å². The van der Waals surface area contributed by atoms with E-state index in [0.717, 1.165) is 17.8 Å². The van der Waals surface area contributed by atoms with Gasteiger partial charge in [0.05, 0.1) is 5.02 Å². The molecule has 1 aromatic carbocycles. The number of rotatable bonds is 7. The maximum atomic E-state index is 13.1. The monoisotopic (exact) mass is 394 g/mol. The van der Waals surface area contributed by atoms with Crippen LogP contribution in [-0.2, 0) is 10.2 Å². The molecule has 0 atom stereocenters. The molecule has 130 valence electrons. The van der Waals surface area contributed by atoms with Gasteiger partial charge in [-0.25, -0.2) is 18.9 Å². The molecular formula is C11H12ClFN6O3S2. The van der Waals surface area contributed by atoms with Gasteiger partial charge in [0.25, 0.3) is 10.2 Å². The summed E-state index contributed by atoms with van der Waals surface area (Å²) in [4.78, 5) is 0. The standard InChI is InChI=1S/C11H12ClFN6O3S2/c12-7-5-6(1-2-8(7)13)17-10(14)9-11(19-22-18-9)23-4-3-16-24(15,20)21/h1-2,5,16H,3-4H2,(H2,14,17)(H2,15,20,21). The van der Waals surface area contributed by atoms with Crippen molar-refractivity contribution in [2.45, 2.75) is 5.03 Å². The number of halogens is 2. The van der Waals surface area contributed by atoms with Gasteiger partial charge < -0.3 is 5.32 Å². The maximum Gasteiger partial charge on any atom is 0.274 e. The Balaban J connectivity index is 1.98. The summed E-state index contributed by atoms with van der Waals surface area (Å²) in [5.41, 5.74) is 0.511. The van der Waals surface area contributed by atoms with Gasteiger partial charge in [0.1, 0.15) is 5.82 Å². The number of benzene rings is 1. The van der Waals surface area contributed by atoms with Gasteiger partial charge in [0, 0.05) is 18.0 Å². The quantitative estimate of drug-likeness (QED) is 0.238. The number of anilines is 1. The normalized spacial score (nSPS) is 11.5. The summed E-state index contributed by atoms with van der Waals surface area (Å²) in [5, 5.41) is 22.9. The molecule has 0 unspecified atom stereocenters. The van der Waals surface area contributed by atoms with Gasteiger partial charge in [-0.1, -0.05) is 23.4 Å². The third kappa shape index (κ3) is 5.42. The zero-order chi connectivity index (χ0) is 17.7. The average molecular weight is 395 g/mol. The van der Waals surface area contributed by atoms with E-state index in [-0.39, 0.29) is 28.1 Å². The summed E-state index contributed by atoms with van der Waals surface area (Å²) in [6.45, 7) is 0.0735. The van der Waals surface area contributed by atoms with E-state index >= 15 is 0 Å². The fourth-order valence-corrected chi connectivity index (χ4v) is 2.99. The van der Waals surface area contributed by atoms with Crippen LogP contribution in [0.4, 0.5) is 10.1 Å². The molecule has 5 N–H and O–H groups in total. The van der Waals surface area contributed by atoms with E-state index in [4.69, 9.17) is 22.1 Å². The SMILES string of the molecule is N=C(Nc1ccc(F)c(Cl)c1)c1nonc1SCCNS(N)(=O)=O. The highest BCUT2D eigenvalue weighted by atomic mass is 35.5. The summed E-state index contributed by atoms with van der Waals surface area (Å²) in [7, 11) is -3.76. The lowest BCUT2D eigenvalue weighted by Crippen LogP contribution is -2.32. The smallest absolute Gasteiger partial charge is 0.274 e. The minimum atomic E-state index is -3.76. The van der Waals surface area contributed by atoms with Crippen LogP contribution in [0.25, 0.3) is 0 Å². The second-order valence-corrected chi connectivity index (χ2v) is 7.20. The first kappa shape index (κ1) is 18.6. The van der Waals surface area contributed by atoms with Crippen molar-refractivity contribution >= 4 is 45.1 Å². The molecule has 0 aliphatic carbocycles. The Hall–Kier alpha value is -1.73. The van der Waals surface area contributed by atoms with Crippen LogP contribution in [0.15, 0.2) is 27.9 Å². The Morgan fingerprint density at radius 1 is 1.46 bits per heavy atom. The van der Waals surface area contributed by atoms with Crippen LogP contribution in [0.3, 0.4) is 0 Å². The van der Waals surface area contributed by atoms with Crippen LogP contribution in [0.2, 0.25) is 5.02 Å². The Labute approximate surface area is 145 Å². The minimum Gasteiger partial charge on any atom is -0.339 e. The van der Waals surface area contributed by atoms with Crippen molar-refractivity contribution in [3.8, 4) is 0 Å². The minimum absolute atomic E-state index is 0.0735. The van der Waals surface area contributed by atoms with Gasteiger partial charge in [0.15, 0.2) is 16.6 Å². The van der Waals surface area contributed by atoms with Gasteiger partial charge in [-0.3, -0.25) is 5.41 Å². The van der Waals surface area contributed by atoms with Gasteiger partial charge in [0.2, 0.25) is 0 Å². The van der Waals surface area contributed by atoms with Crippen LogP contribution in [0, 0.1) is 11.2 Å². The Bertz CT molecular complexity index is 844. The summed E-state index contributed by atoms with van der Waals surface area (Å²) >= 11 is 6.79. The first-order valence-corrected chi connectivity index (χ1v) is 9.21. The van der Waals surface area contributed by atoms with Crippen molar-refractivity contribution in [3.63, 3.8) is 0 Å². The molecule has 2 aromatic rings. The lowest BCUT2D eigenvalue weighted by Gasteiger charge is -2.07. The van der Waals surface area contributed by atoms with Crippen LogP contribution in [0.1, 0.15) is 5.69 Å². The molecule has 0 spiro atoms. The molecule has 1 heterocycles. The fourth-order valence-electron chi connectivity index (χ4n) is 1.54. The van der Waals surface area contributed by atoms with Gasteiger partial charge in [-0.2, -0.15) is 8.42 Å². The number of hydrogen-bond donors (Lipinski definition) is 4. The molecule has 1 aromatic heterocycles. The summed E-state index contributed by atoms with van der Waals surface area (Å²) in [6.07, 6.45) is 0. The third-order valence-corrected chi connectivity index (χ3v) is 4.37. The number of nitrogens with zero attached hydrogens (tertiary/aromatic N) is 2. The molecule has 0 amide bonds. The highest BCUT2D eigenvalue weighted by Crippen LogP contribution is 2.22. The van der Waals surface area contributed by atoms with Crippen LogP contribution >= 0.6 is 23.4 Å². The number of hydrogen-bond acceptors (Lipinski definition) is 7. The van der Waals surface area contributed by atoms with Gasteiger partial charge in [-0.15, -0.1) is 0 Å². The van der Waals surface area contributed by atoms with Crippen molar-refractivity contribution in [2.24, 2.45) is 5.14 Å². The Morgan fingerprint density at radius 2 is 2.21 bits per heavy atom. The van der Waals surface area contributed by atoms with E-state index in [0.29, 0.717) is 11.4 Å². The summed E-state index contributed by atoms with van der Waals surface area (Å²) < 4.78 is 41.3. The zero-order valence-corrected chi connectivity index (χ0v) is 14.3. The molecule has 0 aliphatic heterocycles. The van der Waals surface area contributed by atoms with E-state index in [1.165, 1.54) is 12.1 Å². The van der Waals surface area contributed by atoms with Gasteiger partial charge >= 0.3 is 0 Å². The molecule has 9 nitrogen and oxygen atoms in total. The summed E-state index contributed by atoms with van der Waals surface area (Å²) in [6, 6.07) is 3.89. The number of amidine groups is 1. The van der Waals surface area contributed by atoms with E-state index in [2.05, 4.69) is 25.0 Å². The fraction of sp³-hybridized carbons (Fsp3) is 0.182. The van der Waals surface area contributed by atoms with Crippen molar-refractivity contribution in [2.75, 3.05) is 17.6 Å². The lowest BCUT2D eigenvalue weighted by atomic mass is 10.3. The van der Waals surface area contributed by atoms with Crippen LogP contribution in [-0.4, -0.2) is 36.9 Å². The number of nitrogens with two attached hydrogens (primary N) is 1. The highest BCUT2D eigenvalue weighted by molar-refractivity contribution is 7.99. The topological polar surface area (TPSA) is 147 Å². The molecule has 24 heavy (non-hydrogen) atoms. The number of aromatic nitrogens is 2. The van der Waals surface area contributed by atoms with E-state index < -0.39 is 16.0 Å². The molecule has 0 bridgehead atoms. The Morgan fingerprint density at radius 3 is 2.88 bits per heavy atom. The number of nitrogens with one attached hydrogen (secondary N) is 3. The average Bonchev–Trinajstić information content (AvgIpc) is 2.95. The molecule has 0 aliphatic rings. The second-order valence-electron chi connectivity index (χ2n) is 4.33. The molecule has 0 fully saturated rings. The largest absolute Gasteiger partial charge is 0.339 e. The summed E-state index contributed by atoms with van der Waals surface area (Å²) in [5.74, 6) is -0.413. The highest BCUT2D eigenvalue weighted by Gasteiger charge is 2.16. The lowest BCUT2D eigenvalue weighted by molar-refractivity contribution is 0.298. The van der Waals surface area contributed by atoms with E-state index in [1.54, 1.807) is 0 Å². The van der Waals surface area contributed by atoms with Crippen molar-refractivity contribution < 1.29 is 17.4 Å². The van der Waals surface area contributed by atoms with E-state index in [1.807, 2.05) is 0 Å². The Kier molecular flexibility index (Phi) is 6.12. The molecule has 0 saturated heterocycles. The van der Waals surface area contributed by atoms with Crippen molar-refractivity contribution in [3.05, 3.63) is 34.7 Å². The number of thioether (sulfide) groups is 1. The van der Waals surface area contributed by atoms with Crippen molar-refractivity contribution in [1.29, 1.82) is 5.41 Å².